The molecule has 0 bridgehead atoms. The molecule has 1 aromatic rings. The number of carbonyl (C=O) groups is 1. The number of carbonyl (C=O) groups excluding carboxylic acids is 1. The van der Waals surface area contributed by atoms with Gasteiger partial charge in [-0.2, -0.15) is 0 Å². The van der Waals surface area contributed by atoms with Crippen molar-refractivity contribution in [1.29, 1.82) is 0 Å². The van der Waals surface area contributed by atoms with Crippen molar-refractivity contribution < 1.29 is 4.79 Å². The van der Waals surface area contributed by atoms with Crippen LogP contribution in [0.5, 0.6) is 0 Å². The summed E-state index contributed by atoms with van der Waals surface area (Å²) < 4.78 is 0. The minimum Gasteiger partial charge on any atom is -0.351 e. The molecule has 3 nitrogen and oxygen atoms in total. The second kappa shape index (κ2) is 6.55. The van der Waals surface area contributed by atoms with Crippen LogP contribution in [0.2, 0.25) is 0 Å². The molecule has 4 heteroatoms. The van der Waals surface area contributed by atoms with Crippen LogP contribution in [0, 0.1) is 0 Å². The van der Waals surface area contributed by atoms with Gasteiger partial charge in [0.2, 0.25) is 5.91 Å². The first kappa shape index (κ1) is 13.1. The lowest BCUT2D eigenvalue weighted by atomic mass is 10.1. The average Bonchev–Trinajstić information content (AvgIpc) is 2.31. The molecule has 2 atom stereocenters. The fraction of sp³-hybridized carbons (Fsp3) is 0.417. The molecule has 0 aromatic heterocycles. The van der Waals surface area contributed by atoms with Crippen LogP contribution in [0.15, 0.2) is 30.3 Å². The second-order valence-corrected chi connectivity index (χ2v) is 4.61. The summed E-state index contributed by atoms with van der Waals surface area (Å²) in [5.41, 5.74) is 6.50. The fourth-order valence-corrected chi connectivity index (χ4v) is 2.11. The summed E-state index contributed by atoms with van der Waals surface area (Å²) in [5.74, 6) is 0.0247. The number of thioether (sulfide) groups is 1. The normalized spacial score (nSPS) is 14.2. The lowest BCUT2D eigenvalue weighted by Gasteiger charge is -2.18. The Bertz CT molecular complexity index is 329. The van der Waals surface area contributed by atoms with Crippen LogP contribution in [0.4, 0.5) is 0 Å². The van der Waals surface area contributed by atoms with E-state index in [4.69, 9.17) is 5.73 Å². The molecule has 0 aliphatic rings. The van der Waals surface area contributed by atoms with Crippen molar-refractivity contribution in [1.82, 2.24) is 5.32 Å². The molecule has 0 aliphatic carbocycles. The zero-order chi connectivity index (χ0) is 12.0. The largest absolute Gasteiger partial charge is 0.351 e. The zero-order valence-electron chi connectivity index (χ0n) is 9.64. The second-order valence-electron chi connectivity index (χ2n) is 3.67. The fourth-order valence-electron chi connectivity index (χ4n) is 1.40. The van der Waals surface area contributed by atoms with Gasteiger partial charge in [0, 0.05) is 12.6 Å². The predicted molar refractivity (Wildman–Crippen MR) is 69.4 cm³/mol. The van der Waals surface area contributed by atoms with E-state index >= 15 is 0 Å². The Balaban J connectivity index is 2.71. The molecule has 0 spiro atoms. The minimum atomic E-state index is -0.157. The lowest BCUT2D eigenvalue weighted by Crippen LogP contribution is -2.39. The third kappa shape index (κ3) is 3.54. The Morgan fingerprint density at radius 2 is 2.06 bits per heavy atom. The van der Waals surface area contributed by atoms with Gasteiger partial charge in [-0.1, -0.05) is 30.3 Å². The zero-order valence-corrected chi connectivity index (χ0v) is 10.5. The topological polar surface area (TPSA) is 55.1 Å². The van der Waals surface area contributed by atoms with E-state index in [9.17, 15) is 4.79 Å². The first-order valence-electron chi connectivity index (χ1n) is 5.27. The first-order chi connectivity index (χ1) is 7.69. The standard InChI is InChI=1S/C12H18N2OS/c1-9(8-13)14-12(15)11(16-2)10-6-4-3-5-7-10/h3-7,9,11H,8,13H2,1-2H3,(H,14,15)/t9-,11?/m0/s1. The number of hydrogen-bond acceptors (Lipinski definition) is 3. The van der Waals surface area contributed by atoms with E-state index in [-0.39, 0.29) is 17.2 Å². The van der Waals surface area contributed by atoms with Crippen molar-refractivity contribution in [3.05, 3.63) is 35.9 Å². The van der Waals surface area contributed by atoms with E-state index in [1.54, 1.807) is 0 Å². The van der Waals surface area contributed by atoms with Gasteiger partial charge in [0.15, 0.2) is 0 Å². The first-order valence-corrected chi connectivity index (χ1v) is 6.56. The van der Waals surface area contributed by atoms with Crippen LogP contribution in [0.1, 0.15) is 17.7 Å². The van der Waals surface area contributed by atoms with E-state index in [0.717, 1.165) is 5.56 Å². The summed E-state index contributed by atoms with van der Waals surface area (Å²) in [5, 5.41) is 2.74. The summed E-state index contributed by atoms with van der Waals surface area (Å²) in [7, 11) is 0. The maximum atomic E-state index is 12.0. The van der Waals surface area contributed by atoms with Crippen molar-refractivity contribution in [3.8, 4) is 0 Å². The Morgan fingerprint density at radius 1 is 1.44 bits per heavy atom. The molecule has 1 unspecified atom stereocenters. The van der Waals surface area contributed by atoms with Crippen molar-refractivity contribution >= 4 is 17.7 Å². The van der Waals surface area contributed by atoms with Gasteiger partial charge in [0.25, 0.3) is 0 Å². The monoisotopic (exact) mass is 238 g/mol. The molecule has 3 N–H and O–H groups in total. The predicted octanol–water partition coefficient (Wildman–Crippen LogP) is 1.55. The molecule has 1 aromatic carbocycles. The van der Waals surface area contributed by atoms with Crippen molar-refractivity contribution in [2.75, 3.05) is 12.8 Å². The maximum absolute atomic E-state index is 12.0. The molecule has 16 heavy (non-hydrogen) atoms. The van der Waals surface area contributed by atoms with Gasteiger partial charge in [-0.25, -0.2) is 0 Å². The quantitative estimate of drug-likeness (QED) is 0.818. The highest BCUT2D eigenvalue weighted by molar-refractivity contribution is 7.99. The number of hydrogen-bond donors (Lipinski definition) is 2. The Hall–Kier alpha value is -1.00. The number of nitrogens with one attached hydrogen (secondary N) is 1. The summed E-state index contributed by atoms with van der Waals surface area (Å²) in [6.07, 6.45) is 1.93. The maximum Gasteiger partial charge on any atom is 0.237 e. The van der Waals surface area contributed by atoms with Gasteiger partial charge < -0.3 is 11.1 Å². The van der Waals surface area contributed by atoms with Crippen molar-refractivity contribution in [2.24, 2.45) is 5.73 Å². The molecule has 88 valence electrons. The molecule has 0 aliphatic heterocycles. The molecule has 0 heterocycles. The highest BCUT2D eigenvalue weighted by Crippen LogP contribution is 2.26. The Labute approximate surface area is 101 Å². The minimum absolute atomic E-state index is 0.0193. The van der Waals surface area contributed by atoms with E-state index < -0.39 is 0 Å². The molecule has 0 saturated carbocycles. The Morgan fingerprint density at radius 3 is 2.56 bits per heavy atom. The summed E-state index contributed by atoms with van der Waals surface area (Å²) in [6, 6.07) is 9.78. The van der Waals surface area contributed by atoms with Gasteiger partial charge in [-0.3, -0.25) is 4.79 Å². The van der Waals surface area contributed by atoms with Crippen LogP contribution in [-0.2, 0) is 4.79 Å². The summed E-state index contributed by atoms with van der Waals surface area (Å²) >= 11 is 1.53. The molecule has 0 fully saturated rings. The van der Waals surface area contributed by atoms with E-state index in [0.29, 0.717) is 6.54 Å². The molecule has 1 rings (SSSR count). The summed E-state index contributed by atoms with van der Waals surface area (Å²) in [4.78, 5) is 12.0. The van der Waals surface area contributed by atoms with Crippen LogP contribution in [0.3, 0.4) is 0 Å². The van der Waals surface area contributed by atoms with Gasteiger partial charge in [-0.05, 0) is 18.7 Å². The van der Waals surface area contributed by atoms with Gasteiger partial charge in [0.1, 0.15) is 5.25 Å². The number of amides is 1. The van der Waals surface area contributed by atoms with Gasteiger partial charge in [-0.15, -0.1) is 11.8 Å². The SMILES string of the molecule is CSC(C(=O)N[C@@H](C)CN)c1ccccc1. The molecular formula is C12H18N2OS. The van der Waals surface area contributed by atoms with Crippen molar-refractivity contribution in [2.45, 2.75) is 18.2 Å². The average molecular weight is 238 g/mol. The molecule has 1 amide bonds. The number of benzene rings is 1. The highest BCUT2D eigenvalue weighted by Gasteiger charge is 2.19. The van der Waals surface area contributed by atoms with Crippen molar-refractivity contribution in [3.63, 3.8) is 0 Å². The van der Waals surface area contributed by atoms with E-state index in [1.165, 1.54) is 11.8 Å². The summed E-state index contributed by atoms with van der Waals surface area (Å²) in [6.45, 7) is 2.36. The molecule has 0 radical (unpaired) electrons. The van der Waals surface area contributed by atoms with Crippen LogP contribution >= 0.6 is 11.8 Å². The van der Waals surface area contributed by atoms with E-state index in [1.807, 2.05) is 43.5 Å². The molecule has 0 saturated heterocycles. The van der Waals surface area contributed by atoms with Crippen LogP contribution in [0.25, 0.3) is 0 Å². The Kier molecular flexibility index (Phi) is 5.35. The molecular weight excluding hydrogens is 220 g/mol. The van der Waals surface area contributed by atoms with Crippen LogP contribution in [-0.4, -0.2) is 24.7 Å². The lowest BCUT2D eigenvalue weighted by molar-refractivity contribution is -0.121. The number of rotatable bonds is 5. The van der Waals surface area contributed by atoms with Gasteiger partial charge >= 0.3 is 0 Å². The van der Waals surface area contributed by atoms with E-state index in [2.05, 4.69) is 5.32 Å². The third-order valence-corrected chi connectivity index (χ3v) is 3.28. The smallest absolute Gasteiger partial charge is 0.237 e. The third-order valence-electron chi connectivity index (χ3n) is 2.32. The van der Waals surface area contributed by atoms with Crippen LogP contribution < -0.4 is 11.1 Å². The highest BCUT2D eigenvalue weighted by atomic mass is 32.2. The van der Waals surface area contributed by atoms with Gasteiger partial charge in [0.05, 0.1) is 0 Å². The number of nitrogens with two attached hydrogens (primary N) is 1.